The summed E-state index contributed by atoms with van der Waals surface area (Å²) < 4.78 is 2.34. The minimum atomic E-state index is -0.638. The van der Waals surface area contributed by atoms with Crippen LogP contribution in [0.15, 0.2) is 42.0 Å². The number of carbonyl (C=O) groups excluding carboxylic acids is 3. The Labute approximate surface area is 176 Å². The largest absolute Gasteiger partial charge is 0.346 e. The quantitative estimate of drug-likeness (QED) is 0.553. The Kier molecular flexibility index (Phi) is 5.33. The van der Waals surface area contributed by atoms with Crippen LogP contribution < -0.4 is 4.90 Å². The Bertz CT molecular complexity index is 1030. The molecule has 30 heavy (non-hydrogen) atoms. The first kappa shape index (κ1) is 20.1. The molecule has 2 fully saturated rings. The molecule has 1 aliphatic carbocycles. The van der Waals surface area contributed by atoms with Crippen LogP contribution in [0.1, 0.15) is 55.1 Å². The van der Waals surface area contributed by atoms with Gasteiger partial charge < -0.3 is 4.57 Å². The summed E-state index contributed by atoms with van der Waals surface area (Å²) in [6.07, 6.45) is 7.70. The van der Waals surface area contributed by atoms with Crippen LogP contribution in [0.2, 0.25) is 0 Å². The van der Waals surface area contributed by atoms with Crippen molar-refractivity contribution in [3.63, 3.8) is 0 Å². The Morgan fingerprint density at radius 2 is 1.60 bits per heavy atom. The Morgan fingerprint density at radius 1 is 0.933 bits per heavy atom. The molecule has 1 saturated heterocycles. The number of carbonyl (C=O) groups is 3. The maximum absolute atomic E-state index is 13.2. The van der Waals surface area contributed by atoms with Gasteiger partial charge in [0.05, 0.1) is 5.69 Å². The van der Waals surface area contributed by atoms with Gasteiger partial charge in [0.1, 0.15) is 5.57 Å². The molecule has 156 valence electrons. The minimum Gasteiger partial charge on any atom is -0.346 e. The van der Waals surface area contributed by atoms with E-state index in [-0.39, 0.29) is 5.57 Å². The van der Waals surface area contributed by atoms with Crippen molar-refractivity contribution in [2.24, 2.45) is 0 Å². The number of aryl methyl sites for hydroxylation is 1. The molecule has 0 bridgehead atoms. The van der Waals surface area contributed by atoms with Gasteiger partial charge in [-0.1, -0.05) is 37.5 Å². The van der Waals surface area contributed by atoms with Gasteiger partial charge in [0.15, 0.2) is 0 Å². The highest BCUT2D eigenvalue weighted by atomic mass is 16.2. The fourth-order valence-corrected chi connectivity index (χ4v) is 4.65. The van der Waals surface area contributed by atoms with Gasteiger partial charge in [-0.2, -0.15) is 0 Å². The topological polar surface area (TPSA) is 62.6 Å². The number of likely N-dealkylation sites (N-methyl/N-ethyl adjacent to an activating group) is 1. The van der Waals surface area contributed by atoms with Gasteiger partial charge in [-0.25, -0.2) is 9.69 Å². The predicted molar refractivity (Wildman–Crippen MR) is 116 cm³/mol. The number of urea groups is 1. The zero-order valence-electron chi connectivity index (χ0n) is 17.7. The molecule has 0 unspecified atom stereocenters. The third-order valence-corrected chi connectivity index (χ3v) is 6.22. The first-order chi connectivity index (χ1) is 14.4. The molecule has 2 aliphatic rings. The third-order valence-electron chi connectivity index (χ3n) is 6.22. The zero-order chi connectivity index (χ0) is 21.4. The van der Waals surface area contributed by atoms with Crippen molar-refractivity contribution >= 4 is 29.6 Å². The molecule has 2 heterocycles. The van der Waals surface area contributed by atoms with E-state index >= 15 is 0 Å². The standard InChI is InChI=1S/C24H27N3O3/c1-16-14-18(17(2)26(16)19-10-6-4-7-11-19)15-21-22(28)25(3)24(30)27(23(21)29)20-12-8-5-9-13-20/h5,8-9,12-15,19H,4,6-7,10-11H2,1-3H3/b21-15+. The van der Waals surface area contributed by atoms with E-state index in [0.717, 1.165) is 39.6 Å². The van der Waals surface area contributed by atoms with Crippen LogP contribution in [0.3, 0.4) is 0 Å². The molecule has 0 spiro atoms. The molecule has 0 atom stereocenters. The number of barbiturate groups is 1. The monoisotopic (exact) mass is 405 g/mol. The SMILES string of the molecule is Cc1cc(/C=C2\C(=O)N(C)C(=O)N(c3ccccc3)C2=O)c(C)n1C1CCCCC1. The summed E-state index contributed by atoms with van der Waals surface area (Å²) in [5, 5.41) is 0. The predicted octanol–water partition coefficient (Wildman–Crippen LogP) is 4.62. The van der Waals surface area contributed by atoms with E-state index in [1.54, 1.807) is 30.3 Å². The van der Waals surface area contributed by atoms with Crippen LogP contribution in [0, 0.1) is 13.8 Å². The molecule has 1 saturated carbocycles. The van der Waals surface area contributed by atoms with Crippen LogP contribution in [0.4, 0.5) is 10.5 Å². The van der Waals surface area contributed by atoms with Crippen molar-refractivity contribution in [2.75, 3.05) is 11.9 Å². The molecule has 1 aromatic carbocycles. The average Bonchev–Trinajstić information content (AvgIpc) is 3.04. The highest BCUT2D eigenvalue weighted by Crippen LogP contribution is 2.33. The lowest BCUT2D eigenvalue weighted by Gasteiger charge is -2.31. The summed E-state index contributed by atoms with van der Waals surface area (Å²) >= 11 is 0. The van der Waals surface area contributed by atoms with E-state index in [2.05, 4.69) is 11.5 Å². The van der Waals surface area contributed by atoms with Crippen molar-refractivity contribution in [3.05, 3.63) is 58.9 Å². The van der Waals surface area contributed by atoms with Crippen LogP contribution in [0.5, 0.6) is 0 Å². The van der Waals surface area contributed by atoms with Crippen molar-refractivity contribution in [2.45, 2.75) is 52.0 Å². The molecule has 4 amide bonds. The molecule has 6 heteroatoms. The second-order valence-corrected chi connectivity index (χ2v) is 8.17. The lowest BCUT2D eigenvalue weighted by Crippen LogP contribution is -2.55. The van der Waals surface area contributed by atoms with Gasteiger partial charge in [-0.15, -0.1) is 0 Å². The highest BCUT2D eigenvalue weighted by Gasteiger charge is 2.41. The molecule has 4 rings (SSSR count). The van der Waals surface area contributed by atoms with Gasteiger partial charge in [-0.05, 0) is 56.5 Å². The van der Waals surface area contributed by atoms with E-state index in [1.807, 2.05) is 19.1 Å². The number of anilines is 1. The summed E-state index contributed by atoms with van der Waals surface area (Å²) in [6.45, 7) is 4.11. The number of hydrogen-bond donors (Lipinski definition) is 0. The maximum Gasteiger partial charge on any atom is 0.338 e. The van der Waals surface area contributed by atoms with E-state index in [4.69, 9.17) is 0 Å². The zero-order valence-corrected chi connectivity index (χ0v) is 17.7. The number of hydrogen-bond acceptors (Lipinski definition) is 3. The van der Waals surface area contributed by atoms with Crippen LogP contribution >= 0.6 is 0 Å². The number of imide groups is 2. The van der Waals surface area contributed by atoms with Crippen LogP contribution in [-0.4, -0.2) is 34.4 Å². The average molecular weight is 405 g/mol. The minimum absolute atomic E-state index is 0.00449. The lowest BCUT2D eigenvalue weighted by molar-refractivity contribution is -0.128. The summed E-state index contributed by atoms with van der Waals surface area (Å²) in [5.41, 5.74) is 3.49. The van der Waals surface area contributed by atoms with Crippen molar-refractivity contribution in [1.29, 1.82) is 0 Å². The molecular weight excluding hydrogens is 378 g/mol. The van der Waals surface area contributed by atoms with Gasteiger partial charge in [0, 0.05) is 24.5 Å². The second kappa shape index (κ2) is 7.94. The van der Waals surface area contributed by atoms with Gasteiger partial charge in [0.2, 0.25) is 0 Å². The molecular formula is C24H27N3O3. The second-order valence-electron chi connectivity index (χ2n) is 8.17. The summed E-state index contributed by atoms with van der Waals surface area (Å²) in [6, 6.07) is 10.6. The fourth-order valence-electron chi connectivity index (χ4n) is 4.65. The number of para-hydroxylation sites is 1. The number of nitrogens with zero attached hydrogens (tertiary/aromatic N) is 3. The molecule has 0 radical (unpaired) electrons. The van der Waals surface area contributed by atoms with Crippen LogP contribution in [0.25, 0.3) is 6.08 Å². The normalized spacial score (nSPS) is 19.8. The summed E-state index contributed by atoms with van der Waals surface area (Å²) in [4.78, 5) is 40.7. The first-order valence-electron chi connectivity index (χ1n) is 10.5. The summed E-state index contributed by atoms with van der Waals surface area (Å²) in [7, 11) is 1.41. The number of amides is 4. The molecule has 1 aliphatic heterocycles. The molecule has 0 N–H and O–H groups in total. The van der Waals surface area contributed by atoms with E-state index < -0.39 is 17.8 Å². The fraction of sp³-hybridized carbons (Fsp3) is 0.375. The van der Waals surface area contributed by atoms with Gasteiger partial charge in [0.25, 0.3) is 11.8 Å². The third kappa shape index (κ3) is 3.36. The van der Waals surface area contributed by atoms with E-state index in [0.29, 0.717) is 11.7 Å². The number of benzene rings is 1. The van der Waals surface area contributed by atoms with Gasteiger partial charge in [-0.3, -0.25) is 14.5 Å². The maximum atomic E-state index is 13.2. The summed E-state index contributed by atoms with van der Waals surface area (Å²) in [5.74, 6) is -1.16. The van der Waals surface area contributed by atoms with E-state index in [9.17, 15) is 14.4 Å². The van der Waals surface area contributed by atoms with Crippen LogP contribution in [-0.2, 0) is 9.59 Å². The van der Waals surface area contributed by atoms with Crippen molar-refractivity contribution in [1.82, 2.24) is 9.47 Å². The Balaban J connectivity index is 1.74. The first-order valence-corrected chi connectivity index (χ1v) is 10.5. The Morgan fingerprint density at radius 3 is 2.27 bits per heavy atom. The molecule has 1 aromatic heterocycles. The van der Waals surface area contributed by atoms with E-state index in [1.165, 1.54) is 26.3 Å². The Hall–Kier alpha value is -3.15. The van der Waals surface area contributed by atoms with Crippen molar-refractivity contribution < 1.29 is 14.4 Å². The smallest absolute Gasteiger partial charge is 0.338 e. The number of aromatic nitrogens is 1. The molecule has 6 nitrogen and oxygen atoms in total. The highest BCUT2D eigenvalue weighted by molar-refractivity contribution is 6.39. The lowest BCUT2D eigenvalue weighted by atomic mass is 9.95. The molecule has 2 aromatic rings. The van der Waals surface area contributed by atoms with Crippen molar-refractivity contribution in [3.8, 4) is 0 Å². The number of rotatable bonds is 3. The van der Waals surface area contributed by atoms with Gasteiger partial charge >= 0.3 is 6.03 Å².